The van der Waals surface area contributed by atoms with Crippen LogP contribution in [0.2, 0.25) is 0 Å². The number of hydrogen-bond donors (Lipinski definition) is 0. The quantitative estimate of drug-likeness (QED) is 0.476. The average Bonchev–Trinajstić information content (AvgIpc) is 2.71. The Morgan fingerprint density at radius 2 is 1.64 bits per heavy atom. The molecule has 0 aliphatic rings. The number of rotatable bonds is 7. The molecule has 28 heavy (non-hydrogen) atoms. The van der Waals surface area contributed by atoms with Crippen molar-refractivity contribution in [1.29, 1.82) is 0 Å². The maximum atomic E-state index is 5.67. The standard InChI is InChI=1S/C22H22BrNO4/c1-5-28-19-13-15-12-18(25-2)21(26-3)22(27-4)20(15)17(24-19)11-8-14-6-9-16(23)10-7-14/h6-13H,5H2,1-4H3. The largest absolute Gasteiger partial charge is 0.493 e. The molecule has 0 bridgehead atoms. The highest BCUT2D eigenvalue weighted by atomic mass is 79.9. The molecule has 0 unspecified atom stereocenters. The second kappa shape index (κ2) is 8.97. The van der Waals surface area contributed by atoms with Crippen molar-refractivity contribution < 1.29 is 18.9 Å². The minimum absolute atomic E-state index is 0.527. The first-order valence-electron chi connectivity index (χ1n) is 8.81. The summed E-state index contributed by atoms with van der Waals surface area (Å²) in [5.74, 6) is 2.23. The summed E-state index contributed by atoms with van der Waals surface area (Å²) in [5, 5.41) is 1.72. The molecule has 5 nitrogen and oxygen atoms in total. The molecule has 0 spiro atoms. The molecule has 1 aromatic heterocycles. The molecular weight excluding hydrogens is 422 g/mol. The van der Waals surface area contributed by atoms with Crippen molar-refractivity contribution in [1.82, 2.24) is 4.98 Å². The van der Waals surface area contributed by atoms with Crippen molar-refractivity contribution >= 4 is 38.9 Å². The fraction of sp³-hybridized carbons (Fsp3) is 0.227. The zero-order chi connectivity index (χ0) is 20.1. The Morgan fingerprint density at radius 3 is 2.25 bits per heavy atom. The molecular formula is C22H22BrNO4. The van der Waals surface area contributed by atoms with Crippen molar-refractivity contribution in [3.05, 3.63) is 52.1 Å². The third-order valence-electron chi connectivity index (χ3n) is 4.22. The fourth-order valence-corrected chi connectivity index (χ4v) is 3.25. The van der Waals surface area contributed by atoms with Crippen LogP contribution in [0.25, 0.3) is 22.9 Å². The predicted octanol–water partition coefficient (Wildman–Crippen LogP) is 5.59. The minimum Gasteiger partial charge on any atom is -0.493 e. The number of pyridine rings is 1. The lowest BCUT2D eigenvalue weighted by Crippen LogP contribution is -2.00. The van der Waals surface area contributed by atoms with Gasteiger partial charge in [0, 0.05) is 10.5 Å². The van der Waals surface area contributed by atoms with Crippen LogP contribution >= 0.6 is 15.9 Å². The highest BCUT2D eigenvalue weighted by Gasteiger charge is 2.19. The van der Waals surface area contributed by atoms with Gasteiger partial charge in [0.2, 0.25) is 11.6 Å². The SMILES string of the molecule is CCOc1cc2cc(OC)c(OC)c(OC)c2c(C=Cc2ccc(Br)cc2)n1. The van der Waals surface area contributed by atoms with Gasteiger partial charge in [0.25, 0.3) is 0 Å². The van der Waals surface area contributed by atoms with Crippen LogP contribution in [0.3, 0.4) is 0 Å². The molecule has 0 N–H and O–H groups in total. The molecule has 0 saturated carbocycles. The van der Waals surface area contributed by atoms with Crippen LogP contribution in [-0.4, -0.2) is 32.9 Å². The van der Waals surface area contributed by atoms with Crippen LogP contribution < -0.4 is 18.9 Å². The average molecular weight is 444 g/mol. The second-order valence-corrected chi connectivity index (χ2v) is 6.82. The lowest BCUT2D eigenvalue weighted by molar-refractivity contribution is 0.324. The van der Waals surface area contributed by atoms with Gasteiger partial charge in [-0.05, 0) is 42.1 Å². The van der Waals surface area contributed by atoms with E-state index in [-0.39, 0.29) is 0 Å². The topological polar surface area (TPSA) is 49.8 Å². The molecule has 0 saturated heterocycles. The summed E-state index contributed by atoms with van der Waals surface area (Å²) in [6, 6.07) is 11.8. The van der Waals surface area contributed by atoms with E-state index < -0.39 is 0 Å². The van der Waals surface area contributed by atoms with E-state index in [1.807, 2.05) is 55.5 Å². The minimum atomic E-state index is 0.527. The number of fused-ring (bicyclic) bond motifs is 1. The first-order chi connectivity index (χ1) is 13.6. The van der Waals surface area contributed by atoms with Crippen molar-refractivity contribution in [3.63, 3.8) is 0 Å². The molecule has 0 fully saturated rings. The van der Waals surface area contributed by atoms with Crippen LogP contribution in [0.1, 0.15) is 18.2 Å². The van der Waals surface area contributed by atoms with E-state index in [0.717, 1.165) is 26.5 Å². The molecule has 3 rings (SSSR count). The summed E-state index contributed by atoms with van der Waals surface area (Å²) in [6.07, 6.45) is 3.95. The predicted molar refractivity (Wildman–Crippen MR) is 116 cm³/mol. The summed E-state index contributed by atoms with van der Waals surface area (Å²) < 4.78 is 23.4. The van der Waals surface area contributed by atoms with Gasteiger partial charge in [-0.15, -0.1) is 0 Å². The number of aromatic nitrogens is 1. The number of hydrogen-bond acceptors (Lipinski definition) is 5. The summed E-state index contributed by atoms with van der Waals surface area (Å²) in [4.78, 5) is 4.67. The van der Waals surface area contributed by atoms with Gasteiger partial charge in [0.1, 0.15) is 0 Å². The zero-order valence-electron chi connectivity index (χ0n) is 16.3. The van der Waals surface area contributed by atoms with Gasteiger partial charge < -0.3 is 18.9 Å². The molecule has 0 amide bonds. The Morgan fingerprint density at radius 1 is 0.929 bits per heavy atom. The molecule has 0 aliphatic heterocycles. The fourth-order valence-electron chi connectivity index (χ4n) is 2.98. The van der Waals surface area contributed by atoms with E-state index >= 15 is 0 Å². The third-order valence-corrected chi connectivity index (χ3v) is 4.75. The normalized spacial score (nSPS) is 11.0. The Bertz CT molecular complexity index is 1000. The summed E-state index contributed by atoms with van der Waals surface area (Å²) in [6.45, 7) is 2.46. The van der Waals surface area contributed by atoms with Gasteiger partial charge >= 0.3 is 0 Å². The number of methoxy groups -OCH3 is 3. The lowest BCUT2D eigenvalue weighted by atomic mass is 10.1. The molecule has 0 aliphatic carbocycles. The first kappa shape index (κ1) is 20.0. The molecule has 2 aromatic carbocycles. The van der Waals surface area contributed by atoms with Crippen molar-refractivity contribution in [2.24, 2.45) is 0 Å². The van der Waals surface area contributed by atoms with Gasteiger partial charge in [-0.1, -0.05) is 34.1 Å². The van der Waals surface area contributed by atoms with E-state index in [0.29, 0.717) is 29.7 Å². The van der Waals surface area contributed by atoms with Crippen LogP contribution in [0.15, 0.2) is 40.9 Å². The molecule has 3 aromatic rings. The second-order valence-electron chi connectivity index (χ2n) is 5.91. The Labute approximate surface area is 173 Å². The molecule has 0 atom stereocenters. The van der Waals surface area contributed by atoms with Gasteiger partial charge in [-0.3, -0.25) is 0 Å². The molecule has 0 radical (unpaired) electrons. The van der Waals surface area contributed by atoms with Gasteiger partial charge in [-0.25, -0.2) is 4.98 Å². The van der Waals surface area contributed by atoms with Crippen LogP contribution in [-0.2, 0) is 0 Å². The maximum Gasteiger partial charge on any atom is 0.214 e. The lowest BCUT2D eigenvalue weighted by Gasteiger charge is -2.16. The highest BCUT2D eigenvalue weighted by molar-refractivity contribution is 9.10. The molecule has 6 heteroatoms. The van der Waals surface area contributed by atoms with Gasteiger partial charge in [0.15, 0.2) is 11.5 Å². The smallest absolute Gasteiger partial charge is 0.214 e. The highest BCUT2D eigenvalue weighted by Crippen LogP contribution is 2.45. The first-order valence-corrected chi connectivity index (χ1v) is 9.60. The van der Waals surface area contributed by atoms with Crippen molar-refractivity contribution in [3.8, 4) is 23.1 Å². The Balaban J connectivity index is 2.24. The molecule has 146 valence electrons. The number of benzene rings is 2. The van der Waals surface area contributed by atoms with E-state index in [4.69, 9.17) is 18.9 Å². The monoisotopic (exact) mass is 443 g/mol. The summed E-state index contributed by atoms with van der Waals surface area (Å²) in [7, 11) is 4.79. The van der Waals surface area contributed by atoms with E-state index in [2.05, 4.69) is 20.9 Å². The third kappa shape index (κ3) is 4.07. The van der Waals surface area contributed by atoms with Gasteiger partial charge in [0.05, 0.1) is 39.0 Å². The van der Waals surface area contributed by atoms with Crippen LogP contribution in [0.4, 0.5) is 0 Å². The number of ether oxygens (including phenoxy) is 4. The maximum absolute atomic E-state index is 5.67. The van der Waals surface area contributed by atoms with E-state index in [1.54, 1.807) is 21.3 Å². The van der Waals surface area contributed by atoms with Crippen molar-refractivity contribution in [2.45, 2.75) is 6.92 Å². The Hall–Kier alpha value is -2.73. The van der Waals surface area contributed by atoms with E-state index in [9.17, 15) is 0 Å². The number of nitrogens with zero attached hydrogens (tertiary/aromatic N) is 1. The number of halogens is 1. The van der Waals surface area contributed by atoms with Crippen LogP contribution in [0, 0.1) is 0 Å². The van der Waals surface area contributed by atoms with Crippen molar-refractivity contribution in [2.75, 3.05) is 27.9 Å². The molecule has 1 heterocycles. The zero-order valence-corrected chi connectivity index (χ0v) is 17.9. The Kier molecular flexibility index (Phi) is 6.41. The van der Waals surface area contributed by atoms with E-state index in [1.165, 1.54) is 0 Å². The summed E-state index contributed by atoms with van der Waals surface area (Å²) in [5.41, 5.74) is 1.78. The summed E-state index contributed by atoms with van der Waals surface area (Å²) >= 11 is 3.45. The van der Waals surface area contributed by atoms with Gasteiger partial charge in [-0.2, -0.15) is 0 Å². The van der Waals surface area contributed by atoms with Crippen LogP contribution in [0.5, 0.6) is 23.1 Å².